The molecule has 7 heteroatoms. The summed E-state index contributed by atoms with van der Waals surface area (Å²) in [7, 11) is 0. The van der Waals surface area contributed by atoms with E-state index in [9.17, 15) is 8.78 Å². The van der Waals surface area contributed by atoms with Gasteiger partial charge in [-0.25, -0.2) is 13.8 Å². The second-order valence-corrected chi connectivity index (χ2v) is 7.66. The summed E-state index contributed by atoms with van der Waals surface area (Å²) >= 11 is 0. The molecule has 35 heavy (non-hydrogen) atoms. The van der Waals surface area contributed by atoms with Crippen LogP contribution in [0.15, 0.2) is 91.3 Å². The van der Waals surface area contributed by atoms with Crippen molar-refractivity contribution in [3.05, 3.63) is 115 Å². The summed E-state index contributed by atoms with van der Waals surface area (Å²) in [6.45, 7) is 0. The number of hydrogen-bond donors (Lipinski definition) is 0. The molecule has 0 unspecified atom stereocenters. The number of rotatable bonds is 4. The molecule has 0 atom stereocenters. The molecule has 3 aromatic carbocycles. The fourth-order valence-corrected chi connectivity index (χ4v) is 4.01. The second kappa shape index (κ2) is 9.40. The summed E-state index contributed by atoms with van der Waals surface area (Å²) in [5.41, 5.74) is 2.66. The quantitative estimate of drug-likeness (QED) is 0.196. The molecular weight excluding hydrogens is 627 g/mol. The van der Waals surface area contributed by atoms with E-state index in [2.05, 4.69) is 22.1 Å². The summed E-state index contributed by atoms with van der Waals surface area (Å²) in [5, 5.41) is 1.94. The Morgan fingerprint density at radius 3 is 2.31 bits per heavy atom. The topological polar surface area (TPSA) is 39.9 Å². The van der Waals surface area contributed by atoms with Crippen molar-refractivity contribution in [2.75, 3.05) is 0 Å². The first-order valence-corrected chi connectivity index (χ1v) is 10.6. The number of pyridine rings is 2. The zero-order valence-corrected chi connectivity index (χ0v) is 20.3. The Morgan fingerprint density at radius 2 is 1.49 bits per heavy atom. The molecule has 0 aliphatic carbocycles. The first-order valence-electron chi connectivity index (χ1n) is 10.6. The van der Waals surface area contributed by atoms with Gasteiger partial charge in [0.2, 0.25) is 0 Å². The van der Waals surface area contributed by atoms with E-state index in [1.807, 2.05) is 41.0 Å². The van der Waals surface area contributed by atoms with Gasteiger partial charge in [-0.3, -0.25) is 0 Å². The first-order chi connectivity index (χ1) is 16.7. The van der Waals surface area contributed by atoms with Gasteiger partial charge in [0.25, 0.3) is 0 Å². The third-order valence-electron chi connectivity index (χ3n) is 5.48. The van der Waals surface area contributed by atoms with Gasteiger partial charge in [-0.2, -0.15) is 6.07 Å². The van der Waals surface area contributed by atoms with E-state index < -0.39 is 0 Å². The molecule has 0 radical (unpaired) electrons. The van der Waals surface area contributed by atoms with Crippen molar-refractivity contribution in [3.8, 4) is 28.6 Å². The third-order valence-corrected chi connectivity index (χ3v) is 5.48. The summed E-state index contributed by atoms with van der Waals surface area (Å²) in [5.74, 6) is 0.590. The standard InChI is InChI=1S/C28H15F2N3O.Pt/c29-19-10-12-31-25(15-19)18-4-3-5-21(14-18)34-22-8-9-24-23-6-1-2-7-26(23)33(27(24)17-22)28-16-20(30)11-13-32-28;/h1-13,15-16H;/q-2;+2. The van der Waals surface area contributed by atoms with E-state index in [4.69, 9.17) is 4.74 Å². The normalized spacial score (nSPS) is 10.9. The van der Waals surface area contributed by atoms with Gasteiger partial charge in [-0.05, 0) is 35.3 Å². The SMILES string of the molecule is Fc1ccnc(-c2[c-]c(Oc3[c-]c4c(cc3)c3ccccc3n4-c3cc(F)ccn3)ccc2)c1.[Pt+2]. The molecule has 0 aliphatic heterocycles. The molecule has 0 saturated heterocycles. The van der Waals surface area contributed by atoms with Crippen molar-refractivity contribution in [2.45, 2.75) is 0 Å². The van der Waals surface area contributed by atoms with Crippen LogP contribution in [0.1, 0.15) is 0 Å². The predicted molar refractivity (Wildman–Crippen MR) is 126 cm³/mol. The minimum absolute atomic E-state index is 0. The second-order valence-electron chi connectivity index (χ2n) is 7.66. The number of aromatic nitrogens is 3. The van der Waals surface area contributed by atoms with Crippen LogP contribution >= 0.6 is 0 Å². The largest absolute Gasteiger partial charge is 2.00 e. The Labute approximate surface area is 214 Å². The van der Waals surface area contributed by atoms with Crippen molar-refractivity contribution in [3.63, 3.8) is 0 Å². The fourth-order valence-electron chi connectivity index (χ4n) is 4.01. The number of para-hydroxylation sites is 1. The molecule has 0 amide bonds. The molecule has 172 valence electrons. The third kappa shape index (κ3) is 4.33. The minimum Gasteiger partial charge on any atom is -0.503 e. The van der Waals surface area contributed by atoms with Gasteiger partial charge in [0.15, 0.2) is 0 Å². The Kier molecular flexibility index (Phi) is 6.14. The van der Waals surface area contributed by atoms with Crippen LogP contribution in [0.3, 0.4) is 0 Å². The maximum absolute atomic E-state index is 14.0. The van der Waals surface area contributed by atoms with E-state index in [1.54, 1.807) is 18.2 Å². The number of ether oxygens (including phenoxy) is 1. The number of benzene rings is 3. The van der Waals surface area contributed by atoms with Gasteiger partial charge in [0, 0.05) is 35.5 Å². The van der Waals surface area contributed by atoms with Gasteiger partial charge in [0.05, 0.1) is 0 Å². The van der Waals surface area contributed by atoms with E-state index >= 15 is 0 Å². The van der Waals surface area contributed by atoms with E-state index in [0.717, 1.165) is 16.3 Å². The summed E-state index contributed by atoms with van der Waals surface area (Å²) in [6, 6.07) is 28.7. The Morgan fingerprint density at radius 1 is 0.714 bits per heavy atom. The first kappa shape index (κ1) is 22.9. The average Bonchev–Trinajstić information content (AvgIpc) is 3.18. The summed E-state index contributed by atoms with van der Waals surface area (Å²) in [4.78, 5) is 8.57. The van der Waals surface area contributed by atoms with Crippen molar-refractivity contribution in [2.24, 2.45) is 0 Å². The summed E-state index contributed by atoms with van der Waals surface area (Å²) < 4.78 is 35.5. The van der Waals surface area contributed by atoms with Crippen LogP contribution in [0, 0.1) is 23.8 Å². The molecule has 0 fully saturated rings. The molecule has 0 spiro atoms. The Bertz CT molecular complexity index is 1680. The molecule has 6 rings (SSSR count). The maximum atomic E-state index is 14.0. The number of halogens is 2. The molecule has 6 aromatic rings. The van der Waals surface area contributed by atoms with E-state index in [1.165, 1.54) is 36.7 Å². The van der Waals surface area contributed by atoms with Gasteiger partial charge in [-0.15, -0.1) is 41.3 Å². The number of hydrogen-bond acceptors (Lipinski definition) is 3. The van der Waals surface area contributed by atoms with Crippen LogP contribution in [-0.4, -0.2) is 14.5 Å². The zero-order chi connectivity index (χ0) is 23.1. The van der Waals surface area contributed by atoms with Crippen molar-refractivity contribution in [1.29, 1.82) is 0 Å². The number of fused-ring (bicyclic) bond motifs is 3. The van der Waals surface area contributed by atoms with Crippen LogP contribution in [-0.2, 0) is 21.1 Å². The molecule has 3 heterocycles. The predicted octanol–water partition coefficient (Wildman–Crippen LogP) is 6.91. The van der Waals surface area contributed by atoms with Gasteiger partial charge in [-0.1, -0.05) is 29.8 Å². The van der Waals surface area contributed by atoms with E-state index in [-0.39, 0.29) is 32.7 Å². The minimum atomic E-state index is -0.374. The fraction of sp³-hybridized carbons (Fsp3) is 0. The molecule has 0 N–H and O–H groups in total. The smallest absolute Gasteiger partial charge is 0.503 e. The number of nitrogens with zero attached hydrogens (tertiary/aromatic N) is 3. The molecule has 3 aromatic heterocycles. The van der Waals surface area contributed by atoms with Crippen LogP contribution < -0.4 is 4.74 Å². The molecular formula is C28H15F2N3OPt. The van der Waals surface area contributed by atoms with Crippen LogP contribution in [0.4, 0.5) is 8.78 Å². The van der Waals surface area contributed by atoms with E-state index in [0.29, 0.717) is 34.1 Å². The maximum Gasteiger partial charge on any atom is 2.00 e. The molecule has 4 nitrogen and oxygen atoms in total. The zero-order valence-electron chi connectivity index (χ0n) is 18.0. The monoisotopic (exact) mass is 642 g/mol. The average molecular weight is 643 g/mol. The van der Waals surface area contributed by atoms with Crippen molar-refractivity contribution in [1.82, 2.24) is 14.5 Å². The van der Waals surface area contributed by atoms with Crippen LogP contribution in [0.2, 0.25) is 0 Å². The molecule has 0 saturated carbocycles. The van der Waals surface area contributed by atoms with Gasteiger partial charge in [0.1, 0.15) is 17.5 Å². The van der Waals surface area contributed by atoms with Crippen molar-refractivity contribution >= 4 is 21.8 Å². The van der Waals surface area contributed by atoms with Crippen molar-refractivity contribution < 1.29 is 34.6 Å². The van der Waals surface area contributed by atoms with Crippen LogP contribution in [0.25, 0.3) is 38.9 Å². The Balaban J connectivity index is 0.00000253. The molecule has 0 aliphatic rings. The summed E-state index contributed by atoms with van der Waals surface area (Å²) in [6.07, 6.45) is 2.85. The van der Waals surface area contributed by atoms with Gasteiger partial charge < -0.3 is 14.3 Å². The molecule has 0 bridgehead atoms. The van der Waals surface area contributed by atoms with Crippen LogP contribution in [0.5, 0.6) is 11.5 Å². The van der Waals surface area contributed by atoms with Gasteiger partial charge >= 0.3 is 21.1 Å². The Hall–Kier alpha value is -3.89.